The van der Waals surface area contributed by atoms with E-state index in [0.29, 0.717) is 0 Å². The van der Waals surface area contributed by atoms with Crippen LogP contribution in [-0.4, -0.2) is 11.7 Å². The van der Waals surface area contributed by atoms with E-state index in [1.54, 1.807) is 0 Å². The van der Waals surface area contributed by atoms with Crippen LogP contribution < -0.4 is 10.00 Å². The average Bonchev–Trinajstić information content (AvgIpc) is 2.42. The maximum absolute atomic E-state index is 3.13. The van der Waals surface area contributed by atoms with Crippen LogP contribution in [0.2, 0.25) is 0 Å². The Labute approximate surface area is 77.6 Å². The molecule has 2 aromatic rings. The van der Waals surface area contributed by atoms with Crippen LogP contribution in [0.1, 0.15) is 0 Å². The lowest BCUT2D eigenvalue weighted by molar-refractivity contribution is -0.748. The number of anilines is 1. The molecule has 0 saturated carbocycles. The molecule has 0 fully saturated rings. The number of fused-ring (bicyclic) bond motifs is 1. The number of nitrogens with zero attached hydrogens (tertiary/aromatic N) is 2. The van der Waals surface area contributed by atoms with E-state index in [4.69, 9.17) is 0 Å². The molecule has 0 aliphatic heterocycles. The van der Waals surface area contributed by atoms with Crippen molar-refractivity contribution in [1.82, 2.24) is 4.68 Å². The van der Waals surface area contributed by atoms with E-state index in [1.165, 1.54) is 10.9 Å². The van der Waals surface area contributed by atoms with Crippen molar-refractivity contribution in [2.75, 3.05) is 12.4 Å². The van der Waals surface area contributed by atoms with Gasteiger partial charge in [-0.1, -0.05) is 0 Å². The molecule has 13 heavy (non-hydrogen) atoms. The fourth-order valence-electron chi connectivity index (χ4n) is 1.57. The third-order valence-corrected chi connectivity index (χ3v) is 2.46. The summed E-state index contributed by atoms with van der Waals surface area (Å²) in [6.07, 6.45) is 2.12. The molecule has 2 rings (SSSR count). The maximum atomic E-state index is 3.13. The van der Waals surface area contributed by atoms with E-state index in [-0.39, 0.29) is 0 Å². The van der Waals surface area contributed by atoms with Crippen molar-refractivity contribution in [3.05, 3.63) is 24.4 Å². The largest absolute Gasteiger partial charge is 0.388 e. The number of nitrogens with one attached hydrogen (secondary N) is 1. The van der Waals surface area contributed by atoms with Gasteiger partial charge < -0.3 is 5.32 Å². The van der Waals surface area contributed by atoms with Crippen LogP contribution in [0.15, 0.2) is 24.4 Å². The number of hydrogen-bond donors (Lipinski definition) is 1. The molecule has 0 unspecified atom stereocenters. The van der Waals surface area contributed by atoms with Crippen LogP contribution in [0.3, 0.4) is 0 Å². The summed E-state index contributed by atoms with van der Waals surface area (Å²) in [4.78, 5) is 0. The van der Waals surface area contributed by atoms with E-state index in [0.717, 1.165) is 5.69 Å². The van der Waals surface area contributed by atoms with E-state index in [9.17, 15) is 0 Å². The minimum atomic E-state index is 1.15. The standard InChI is InChI=1S/C10H14N3/c1-11-9-4-5-10-8(6-9)7-12(2)13(10)3/h4-7,11H,1-3H3/q+1. The molecule has 0 aliphatic carbocycles. The summed E-state index contributed by atoms with van der Waals surface area (Å²) in [5.41, 5.74) is 2.40. The summed E-state index contributed by atoms with van der Waals surface area (Å²) in [5, 5.41) is 4.39. The van der Waals surface area contributed by atoms with Gasteiger partial charge in [-0.05, 0) is 18.2 Å². The fourth-order valence-corrected chi connectivity index (χ4v) is 1.57. The van der Waals surface area contributed by atoms with Gasteiger partial charge in [0.2, 0.25) is 6.20 Å². The predicted molar refractivity (Wildman–Crippen MR) is 53.6 cm³/mol. The second-order valence-electron chi connectivity index (χ2n) is 3.25. The van der Waals surface area contributed by atoms with Crippen molar-refractivity contribution >= 4 is 16.6 Å². The lowest BCUT2D eigenvalue weighted by Crippen LogP contribution is -2.35. The van der Waals surface area contributed by atoms with Crippen molar-refractivity contribution in [3.8, 4) is 0 Å². The van der Waals surface area contributed by atoms with Gasteiger partial charge in [0.25, 0.3) is 0 Å². The van der Waals surface area contributed by atoms with Crippen LogP contribution in [0.25, 0.3) is 10.9 Å². The van der Waals surface area contributed by atoms with Crippen molar-refractivity contribution < 1.29 is 4.68 Å². The molecule has 1 aromatic heterocycles. The monoisotopic (exact) mass is 176 g/mol. The number of hydrogen-bond acceptors (Lipinski definition) is 1. The first-order valence-electron chi connectivity index (χ1n) is 4.35. The SMILES string of the molecule is CNc1ccc2c(c1)c[n+](C)n2C. The fraction of sp³-hybridized carbons (Fsp3) is 0.300. The molecule has 0 bridgehead atoms. The van der Waals surface area contributed by atoms with Gasteiger partial charge in [0.05, 0.1) is 12.4 Å². The molecular formula is C10H14N3+. The topological polar surface area (TPSA) is 20.8 Å². The van der Waals surface area contributed by atoms with Gasteiger partial charge >= 0.3 is 0 Å². The van der Waals surface area contributed by atoms with E-state index in [1.807, 2.05) is 14.1 Å². The molecule has 1 aromatic carbocycles. The van der Waals surface area contributed by atoms with E-state index >= 15 is 0 Å². The Hall–Kier alpha value is -1.51. The number of aromatic nitrogens is 2. The molecule has 0 amide bonds. The molecule has 0 spiro atoms. The predicted octanol–water partition coefficient (Wildman–Crippen LogP) is 1.04. The smallest absolute Gasteiger partial charge is 0.203 e. The summed E-state index contributed by atoms with van der Waals surface area (Å²) in [7, 11) is 6.03. The van der Waals surface area contributed by atoms with Gasteiger partial charge in [-0.25, -0.2) is 0 Å². The highest BCUT2D eigenvalue weighted by Crippen LogP contribution is 2.16. The number of rotatable bonds is 1. The summed E-state index contributed by atoms with van der Waals surface area (Å²) < 4.78 is 4.19. The third kappa shape index (κ3) is 1.16. The zero-order chi connectivity index (χ0) is 9.42. The Kier molecular flexibility index (Phi) is 1.72. The molecule has 68 valence electrons. The molecule has 3 nitrogen and oxygen atoms in total. The van der Waals surface area contributed by atoms with Crippen LogP contribution in [0.5, 0.6) is 0 Å². The van der Waals surface area contributed by atoms with Crippen molar-refractivity contribution in [2.24, 2.45) is 14.1 Å². The highest BCUT2D eigenvalue weighted by molar-refractivity contribution is 5.81. The van der Waals surface area contributed by atoms with Gasteiger partial charge in [-0.2, -0.15) is 4.68 Å². The maximum Gasteiger partial charge on any atom is 0.203 e. The lowest BCUT2D eigenvalue weighted by atomic mass is 10.2. The Bertz CT molecular complexity index is 443. The molecule has 1 heterocycles. The lowest BCUT2D eigenvalue weighted by Gasteiger charge is -1.97. The molecule has 1 N–H and O–H groups in total. The van der Waals surface area contributed by atoms with Gasteiger partial charge in [0, 0.05) is 12.7 Å². The van der Waals surface area contributed by atoms with Crippen molar-refractivity contribution in [3.63, 3.8) is 0 Å². The summed E-state index contributed by atoms with van der Waals surface area (Å²) in [6.45, 7) is 0. The number of benzene rings is 1. The van der Waals surface area contributed by atoms with Crippen LogP contribution in [-0.2, 0) is 14.1 Å². The normalized spacial score (nSPS) is 10.7. The van der Waals surface area contributed by atoms with E-state index in [2.05, 4.69) is 46.1 Å². The molecule has 0 radical (unpaired) electrons. The average molecular weight is 176 g/mol. The van der Waals surface area contributed by atoms with Gasteiger partial charge in [0.15, 0.2) is 7.05 Å². The Morgan fingerprint density at radius 2 is 2.15 bits per heavy atom. The second-order valence-corrected chi connectivity index (χ2v) is 3.25. The minimum Gasteiger partial charge on any atom is -0.388 e. The van der Waals surface area contributed by atoms with Gasteiger partial charge in [-0.15, -0.1) is 4.68 Å². The Morgan fingerprint density at radius 1 is 1.38 bits per heavy atom. The summed E-state index contributed by atoms with van der Waals surface area (Å²) >= 11 is 0. The summed E-state index contributed by atoms with van der Waals surface area (Å²) in [6, 6.07) is 6.36. The highest BCUT2D eigenvalue weighted by Gasteiger charge is 2.07. The van der Waals surface area contributed by atoms with Crippen LogP contribution in [0, 0.1) is 0 Å². The molecule has 0 aliphatic rings. The molecular weight excluding hydrogens is 162 g/mol. The number of aryl methyl sites for hydroxylation is 2. The first-order valence-corrected chi connectivity index (χ1v) is 4.35. The van der Waals surface area contributed by atoms with Crippen molar-refractivity contribution in [2.45, 2.75) is 0 Å². The third-order valence-electron chi connectivity index (χ3n) is 2.46. The van der Waals surface area contributed by atoms with Crippen LogP contribution in [0.4, 0.5) is 5.69 Å². The van der Waals surface area contributed by atoms with Crippen molar-refractivity contribution in [1.29, 1.82) is 0 Å². The summed E-state index contributed by atoms with van der Waals surface area (Å²) in [5.74, 6) is 0. The van der Waals surface area contributed by atoms with Gasteiger partial charge in [-0.3, -0.25) is 0 Å². The Balaban J connectivity index is 2.73. The first-order chi connectivity index (χ1) is 6.22. The first kappa shape index (κ1) is 8.10. The Morgan fingerprint density at radius 3 is 2.85 bits per heavy atom. The second kappa shape index (κ2) is 2.76. The molecule has 0 atom stereocenters. The van der Waals surface area contributed by atoms with E-state index < -0.39 is 0 Å². The molecule has 0 saturated heterocycles. The van der Waals surface area contributed by atoms with Gasteiger partial charge in [0.1, 0.15) is 5.52 Å². The molecule has 3 heteroatoms. The van der Waals surface area contributed by atoms with Crippen LogP contribution >= 0.6 is 0 Å². The quantitative estimate of drug-likeness (QED) is 0.644. The highest BCUT2D eigenvalue weighted by atomic mass is 15.4. The zero-order valence-corrected chi connectivity index (χ0v) is 8.20. The minimum absolute atomic E-state index is 1.15. The zero-order valence-electron chi connectivity index (χ0n) is 8.20.